The van der Waals surface area contributed by atoms with Gasteiger partial charge in [0.05, 0.1) is 10.0 Å². The van der Waals surface area contributed by atoms with E-state index >= 15 is 0 Å². The van der Waals surface area contributed by atoms with Crippen LogP contribution in [0.3, 0.4) is 0 Å². The summed E-state index contributed by atoms with van der Waals surface area (Å²) in [5, 5.41) is 0.224. The topological polar surface area (TPSA) is 46.2 Å². The standard InChI is InChI=1S/C13H15Br2Cl2NO2S/c14-9-5-11(16)13(12(17)6-9)21(19,20)18-7-8-3-1-2-4-10(8)15/h5-6,8,10,18H,1-4,7H2. The van der Waals surface area contributed by atoms with Crippen molar-refractivity contribution < 1.29 is 8.42 Å². The predicted octanol–water partition coefficient (Wildman–Crippen LogP) is 4.99. The molecule has 1 aromatic carbocycles. The van der Waals surface area contributed by atoms with Gasteiger partial charge in [0.2, 0.25) is 10.0 Å². The summed E-state index contributed by atoms with van der Waals surface area (Å²) in [6.07, 6.45) is 4.41. The van der Waals surface area contributed by atoms with E-state index in [4.69, 9.17) is 23.2 Å². The third-order valence-corrected chi connectivity index (χ3v) is 7.59. The predicted molar refractivity (Wildman–Crippen MR) is 94.0 cm³/mol. The van der Waals surface area contributed by atoms with Gasteiger partial charge in [-0.05, 0) is 30.9 Å². The summed E-state index contributed by atoms with van der Waals surface area (Å²) in [6, 6.07) is 3.05. The van der Waals surface area contributed by atoms with Crippen molar-refractivity contribution in [3.05, 3.63) is 26.7 Å². The average molecular weight is 480 g/mol. The van der Waals surface area contributed by atoms with E-state index in [1.54, 1.807) is 0 Å². The molecule has 118 valence electrons. The lowest BCUT2D eigenvalue weighted by molar-refractivity contribution is 0.373. The second-order valence-electron chi connectivity index (χ2n) is 5.11. The molecule has 0 spiro atoms. The summed E-state index contributed by atoms with van der Waals surface area (Å²) in [5.74, 6) is 0.293. The van der Waals surface area contributed by atoms with Crippen molar-refractivity contribution in [2.75, 3.05) is 6.54 Å². The Bertz CT molecular complexity index is 602. The summed E-state index contributed by atoms with van der Waals surface area (Å²) in [5.41, 5.74) is 0. The Kier molecular flexibility index (Phi) is 6.43. The third kappa shape index (κ3) is 4.58. The molecule has 0 aromatic heterocycles. The first kappa shape index (κ1) is 18.0. The SMILES string of the molecule is O=S(=O)(NCC1CCCCC1Br)c1c(Cl)cc(Br)cc1Cl. The lowest BCUT2D eigenvalue weighted by atomic mass is 9.89. The van der Waals surface area contributed by atoms with Gasteiger partial charge in [-0.1, -0.05) is 67.9 Å². The molecule has 1 saturated carbocycles. The smallest absolute Gasteiger partial charge is 0.211 e. The zero-order valence-corrected chi connectivity index (χ0v) is 16.6. The molecule has 8 heteroatoms. The van der Waals surface area contributed by atoms with E-state index in [0.717, 1.165) is 19.3 Å². The molecule has 0 amide bonds. The van der Waals surface area contributed by atoms with E-state index in [9.17, 15) is 8.42 Å². The highest BCUT2D eigenvalue weighted by atomic mass is 79.9. The molecule has 1 aliphatic rings. The van der Waals surface area contributed by atoms with Crippen LogP contribution in [0.25, 0.3) is 0 Å². The lowest BCUT2D eigenvalue weighted by Gasteiger charge is -2.27. The molecular formula is C13H15Br2Cl2NO2S. The number of alkyl halides is 1. The van der Waals surface area contributed by atoms with Gasteiger partial charge >= 0.3 is 0 Å². The van der Waals surface area contributed by atoms with Crippen LogP contribution in [0, 0.1) is 5.92 Å². The highest BCUT2D eigenvalue weighted by Gasteiger charge is 2.27. The summed E-state index contributed by atoms with van der Waals surface area (Å²) in [6.45, 7) is 0.390. The molecule has 0 radical (unpaired) electrons. The normalized spacial score (nSPS) is 23.2. The monoisotopic (exact) mass is 477 g/mol. The molecule has 2 atom stereocenters. The van der Waals surface area contributed by atoms with E-state index in [2.05, 4.69) is 36.6 Å². The van der Waals surface area contributed by atoms with Crippen LogP contribution in [0.15, 0.2) is 21.5 Å². The van der Waals surface area contributed by atoms with Crippen LogP contribution < -0.4 is 4.72 Å². The zero-order chi connectivity index (χ0) is 15.6. The number of hydrogen-bond acceptors (Lipinski definition) is 2. The van der Waals surface area contributed by atoms with E-state index in [-0.39, 0.29) is 14.9 Å². The van der Waals surface area contributed by atoms with Gasteiger partial charge in [-0.25, -0.2) is 13.1 Å². The number of halogens is 4. The number of sulfonamides is 1. The van der Waals surface area contributed by atoms with Crippen molar-refractivity contribution in [3.63, 3.8) is 0 Å². The minimum absolute atomic E-state index is 0.0593. The Morgan fingerprint density at radius 3 is 2.33 bits per heavy atom. The fraction of sp³-hybridized carbons (Fsp3) is 0.538. The molecule has 2 unspecified atom stereocenters. The molecule has 1 aliphatic carbocycles. The Hall–Kier alpha value is 0.670. The van der Waals surface area contributed by atoms with Crippen LogP contribution in [0.2, 0.25) is 10.0 Å². The van der Waals surface area contributed by atoms with Gasteiger partial charge in [0, 0.05) is 15.8 Å². The van der Waals surface area contributed by atoms with Crippen molar-refractivity contribution in [1.82, 2.24) is 4.72 Å². The molecule has 1 fully saturated rings. The number of nitrogens with one attached hydrogen (secondary N) is 1. The van der Waals surface area contributed by atoms with Crippen LogP contribution in [-0.4, -0.2) is 19.8 Å². The fourth-order valence-corrected chi connectivity index (χ4v) is 6.27. The Morgan fingerprint density at radius 1 is 1.19 bits per heavy atom. The molecule has 0 bridgehead atoms. The maximum absolute atomic E-state index is 12.4. The highest BCUT2D eigenvalue weighted by molar-refractivity contribution is 9.10. The molecule has 21 heavy (non-hydrogen) atoms. The van der Waals surface area contributed by atoms with Gasteiger partial charge < -0.3 is 0 Å². The number of benzene rings is 1. The van der Waals surface area contributed by atoms with Gasteiger partial charge in [0.15, 0.2) is 0 Å². The van der Waals surface area contributed by atoms with Crippen molar-refractivity contribution >= 4 is 65.1 Å². The maximum Gasteiger partial charge on any atom is 0.243 e. The van der Waals surface area contributed by atoms with Crippen LogP contribution in [0.1, 0.15) is 25.7 Å². The van der Waals surface area contributed by atoms with Gasteiger partial charge in [0.1, 0.15) is 4.90 Å². The van der Waals surface area contributed by atoms with E-state index in [0.29, 0.717) is 21.8 Å². The molecule has 3 nitrogen and oxygen atoms in total. The van der Waals surface area contributed by atoms with Gasteiger partial charge in [-0.15, -0.1) is 0 Å². The van der Waals surface area contributed by atoms with Crippen molar-refractivity contribution in [2.45, 2.75) is 35.4 Å². The first-order chi connectivity index (χ1) is 9.81. The van der Waals surface area contributed by atoms with E-state index in [1.165, 1.54) is 18.6 Å². The molecular weight excluding hydrogens is 465 g/mol. The third-order valence-electron chi connectivity index (χ3n) is 3.58. The van der Waals surface area contributed by atoms with Crippen molar-refractivity contribution in [2.24, 2.45) is 5.92 Å². The van der Waals surface area contributed by atoms with Crippen molar-refractivity contribution in [1.29, 1.82) is 0 Å². The second kappa shape index (κ2) is 7.49. The first-order valence-corrected chi connectivity index (χ1v) is 10.5. The largest absolute Gasteiger partial charge is 0.243 e. The quantitative estimate of drug-likeness (QED) is 0.618. The molecule has 0 heterocycles. The van der Waals surface area contributed by atoms with Crippen LogP contribution in [-0.2, 0) is 10.0 Å². The molecule has 1 aromatic rings. The van der Waals surface area contributed by atoms with Gasteiger partial charge in [-0.3, -0.25) is 0 Å². The summed E-state index contributed by atoms with van der Waals surface area (Å²) < 4.78 is 28.1. The van der Waals surface area contributed by atoms with Gasteiger partial charge in [0.25, 0.3) is 0 Å². The molecule has 0 saturated heterocycles. The maximum atomic E-state index is 12.4. The minimum atomic E-state index is -3.72. The van der Waals surface area contributed by atoms with E-state index in [1.807, 2.05) is 0 Å². The molecule has 0 aliphatic heterocycles. The van der Waals surface area contributed by atoms with Crippen LogP contribution in [0.4, 0.5) is 0 Å². The van der Waals surface area contributed by atoms with Crippen LogP contribution in [0.5, 0.6) is 0 Å². The van der Waals surface area contributed by atoms with Crippen molar-refractivity contribution in [3.8, 4) is 0 Å². The molecule has 2 rings (SSSR count). The number of hydrogen-bond donors (Lipinski definition) is 1. The lowest BCUT2D eigenvalue weighted by Crippen LogP contribution is -2.34. The number of rotatable bonds is 4. The Labute approximate surface area is 152 Å². The van der Waals surface area contributed by atoms with Crippen LogP contribution >= 0.6 is 55.1 Å². The zero-order valence-electron chi connectivity index (χ0n) is 11.1. The second-order valence-corrected chi connectivity index (χ2v) is 9.72. The summed E-state index contributed by atoms with van der Waals surface area (Å²) >= 11 is 18.9. The molecule has 1 N–H and O–H groups in total. The van der Waals surface area contributed by atoms with E-state index < -0.39 is 10.0 Å². The fourth-order valence-electron chi connectivity index (χ4n) is 2.47. The Morgan fingerprint density at radius 2 is 1.76 bits per heavy atom. The first-order valence-electron chi connectivity index (χ1n) is 6.59. The summed E-state index contributed by atoms with van der Waals surface area (Å²) in [7, 11) is -3.72. The van der Waals surface area contributed by atoms with Gasteiger partial charge in [-0.2, -0.15) is 0 Å². The Balaban J connectivity index is 2.15. The summed E-state index contributed by atoms with van der Waals surface area (Å²) in [4.78, 5) is 0.292. The average Bonchev–Trinajstić information content (AvgIpc) is 2.36. The highest BCUT2D eigenvalue weighted by Crippen LogP contribution is 2.34. The minimum Gasteiger partial charge on any atom is -0.211 e.